The van der Waals surface area contributed by atoms with Gasteiger partial charge in [0.05, 0.1) is 32.1 Å². The van der Waals surface area contributed by atoms with E-state index in [0.29, 0.717) is 0 Å². The molecule has 3 heterocycles. The van der Waals surface area contributed by atoms with E-state index < -0.39 is 0 Å². The van der Waals surface area contributed by atoms with Gasteiger partial charge in [0.1, 0.15) is 0 Å². The van der Waals surface area contributed by atoms with Gasteiger partial charge in [-0.2, -0.15) is 0 Å². The third-order valence-corrected chi connectivity index (χ3v) is 5.29. The van der Waals surface area contributed by atoms with Crippen LogP contribution < -0.4 is 14.4 Å². The lowest BCUT2D eigenvalue weighted by atomic mass is 10.1. The van der Waals surface area contributed by atoms with Gasteiger partial charge in [0.15, 0.2) is 11.5 Å². The Morgan fingerprint density at radius 3 is 2.67 bits per heavy atom. The summed E-state index contributed by atoms with van der Waals surface area (Å²) in [5.41, 5.74) is 3.61. The first-order valence-corrected chi connectivity index (χ1v) is 10.4. The Balaban J connectivity index is 0.00000256. The Morgan fingerprint density at radius 1 is 1.13 bits per heavy atom. The van der Waals surface area contributed by atoms with Crippen LogP contribution in [0.5, 0.6) is 11.5 Å². The largest absolute Gasteiger partial charge is 0.493 e. The van der Waals surface area contributed by atoms with E-state index in [4.69, 9.17) is 19.2 Å². The van der Waals surface area contributed by atoms with Crippen LogP contribution in [0.1, 0.15) is 30.7 Å². The van der Waals surface area contributed by atoms with Crippen molar-refractivity contribution in [3.05, 3.63) is 41.2 Å². The summed E-state index contributed by atoms with van der Waals surface area (Å²) in [6, 6.07) is 6.20. The van der Waals surface area contributed by atoms with Gasteiger partial charge in [0.25, 0.3) is 0 Å². The molecular weight excluding hydrogens is 404 g/mol. The number of fused-ring (bicyclic) bond motifs is 1. The highest BCUT2D eigenvalue weighted by molar-refractivity contribution is 5.85. The van der Waals surface area contributed by atoms with Crippen molar-refractivity contribution < 1.29 is 14.2 Å². The van der Waals surface area contributed by atoms with E-state index in [9.17, 15) is 0 Å². The predicted octanol–water partition coefficient (Wildman–Crippen LogP) is 3.09. The highest BCUT2D eigenvalue weighted by Crippen LogP contribution is 2.30. The van der Waals surface area contributed by atoms with Crippen molar-refractivity contribution in [1.29, 1.82) is 0 Å². The van der Waals surface area contributed by atoms with Crippen molar-refractivity contribution in [2.24, 2.45) is 0 Å². The van der Waals surface area contributed by atoms with E-state index in [0.717, 1.165) is 69.8 Å². The van der Waals surface area contributed by atoms with Gasteiger partial charge >= 0.3 is 0 Å². The second-order valence-corrected chi connectivity index (χ2v) is 7.85. The summed E-state index contributed by atoms with van der Waals surface area (Å²) in [7, 11) is 1.69. The van der Waals surface area contributed by atoms with Gasteiger partial charge in [-0.25, -0.2) is 9.97 Å². The van der Waals surface area contributed by atoms with Gasteiger partial charge in [-0.15, -0.1) is 12.4 Å². The van der Waals surface area contributed by atoms with Crippen molar-refractivity contribution in [2.45, 2.75) is 39.5 Å². The average molecular weight is 435 g/mol. The van der Waals surface area contributed by atoms with Crippen molar-refractivity contribution >= 4 is 18.4 Å². The fourth-order valence-electron chi connectivity index (χ4n) is 3.83. The zero-order chi connectivity index (χ0) is 20.2. The number of rotatable bonds is 6. The molecule has 30 heavy (non-hydrogen) atoms. The average Bonchev–Trinajstić information content (AvgIpc) is 2.74. The van der Waals surface area contributed by atoms with Crippen molar-refractivity contribution in [2.75, 3.05) is 44.9 Å². The Kier molecular flexibility index (Phi) is 7.75. The summed E-state index contributed by atoms with van der Waals surface area (Å²) in [4.78, 5) is 14.1. The summed E-state index contributed by atoms with van der Waals surface area (Å²) in [6.07, 6.45) is 3.07. The molecular formula is C22H31ClN4O3. The second-order valence-electron chi connectivity index (χ2n) is 7.85. The molecule has 0 N–H and O–H groups in total. The predicted molar refractivity (Wildman–Crippen MR) is 119 cm³/mol. The van der Waals surface area contributed by atoms with Crippen molar-refractivity contribution in [3.8, 4) is 11.5 Å². The molecule has 2 aliphatic heterocycles. The van der Waals surface area contributed by atoms with Crippen LogP contribution in [-0.4, -0.2) is 60.9 Å². The molecule has 0 amide bonds. The van der Waals surface area contributed by atoms with Crippen molar-refractivity contribution in [3.63, 3.8) is 0 Å². The highest BCUT2D eigenvalue weighted by Gasteiger charge is 2.21. The highest BCUT2D eigenvalue weighted by atomic mass is 35.5. The molecule has 0 spiro atoms. The number of halogens is 1. The van der Waals surface area contributed by atoms with E-state index in [1.807, 2.05) is 26.1 Å². The molecule has 164 valence electrons. The number of methoxy groups -OCH3 is 1. The van der Waals surface area contributed by atoms with Crippen molar-refractivity contribution in [1.82, 2.24) is 14.9 Å². The number of hydrogen-bond acceptors (Lipinski definition) is 7. The Labute approximate surface area is 184 Å². The lowest BCUT2D eigenvalue weighted by Gasteiger charge is -2.30. The lowest BCUT2D eigenvalue weighted by Crippen LogP contribution is -2.38. The van der Waals surface area contributed by atoms with E-state index in [2.05, 4.69) is 26.9 Å². The van der Waals surface area contributed by atoms with Gasteiger partial charge in [-0.3, -0.25) is 4.90 Å². The van der Waals surface area contributed by atoms with Crippen LogP contribution in [0, 0.1) is 0 Å². The summed E-state index contributed by atoms with van der Waals surface area (Å²) < 4.78 is 16.8. The van der Waals surface area contributed by atoms with E-state index in [-0.39, 0.29) is 18.5 Å². The number of benzene rings is 1. The Morgan fingerprint density at radius 2 is 1.93 bits per heavy atom. The minimum Gasteiger partial charge on any atom is -0.493 e. The van der Waals surface area contributed by atoms with Crippen LogP contribution in [0.15, 0.2) is 24.4 Å². The van der Waals surface area contributed by atoms with Crippen LogP contribution >= 0.6 is 12.4 Å². The monoisotopic (exact) mass is 434 g/mol. The summed E-state index contributed by atoms with van der Waals surface area (Å²) in [5, 5.41) is 0. The minimum atomic E-state index is 0. The number of aromatic nitrogens is 2. The molecule has 0 saturated carbocycles. The maximum absolute atomic E-state index is 5.82. The topological polar surface area (TPSA) is 60.0 Å². The molecule has 1 saturated heterocycles. The molecule has 1 fully saturated rings. The smallest absolute Gasteiger partial charge is 0.225 e. The second kappa shape index (κ2) is 10.3. The molecule has 2 aliphatic rings. The Bertz CT molecular complexity index is 843. The number of morpholine rings is 1. The number of anilines is 1. The number of ether oxygens (including phenoxy) is 3. The SMILES string of the molecule is COc1cc(CN2CCc3nc(N4CCOCC4)ncc3C2)ccc1OC(C)C.Cl. The first-order chi connectivity index (χ1) is 14.1. The number of nitrogens with zero attached hydrogens (tertiary/aromatic N) is 4. The number of hydrogen-bond donors (Lipinski definition) is 0. The van der Waals surface area contributed by atoms with Crippen LogP contribution in [0.3, 0.4) is 0 Å². The van der Waals surface area contributed by atoms with Gasteiger partial charge in [0.2, 0.25) is 5.95 Å². The third kappa shape index (κ3) is 5.33. The first kappa shape index (κ1) is 22.6. The van der Waals surface area contributed by atoms with Crippen LogP contribution in [0.2, 0.25) is 0 Å². The maximum atomic E-state index is 5.82. The zero-order valence-corrected chi connectivity index (χ0v) is 18.8. The summed E-state index contributed by atoms with van der Waals surface area (Å²) >= 11 is 0. The lowest BCUT2D eigenvalue weighted by molar-refractivity contribution is 0.122. The molecule has 4 rings (SSSR count). The molecule has 1 aromatic heterocycles. The van der Waals surface area contributed by atoms with Gasteiger partial charge < -0.3 is 19.1 Å². The minimum absolute atomic E-state index is 0. The molecule has 8 heteroatoms. The molecule has 0 radical (unpaired) electrons. The van der Waals surface area contributed by atoms with E-state index in [1.165, 1.54) is 16.8 Å². The molecule has 2 aromatic rings. The van der Waals surface area contributed by atoms with Crippen LogP contribution in [-0.2, 0) is 24.2 Å². The van der Waals surface area contributed by atoms with Gasteiger partial charge in [-0.1, -0.05) is 6.07 Å². The molecule has 7 nitrogen and oxygen atoms in total. The molecule has 0 bridgehead atoms. The molecule has 0 atom stereocenters. The van der Waals surface area contributed by atoms with Crippen LogP contribution in [0.4, 0.5) is 5.95 Å². The third-order valence-electron chi connectivity index (χ3n) is 5.29. The maximum Gasteiger partial charge on any atom is 0.225 e. The van der Waals surface area contributed by atoms with Gasteiger partial charge in [0, 0.05) is 50.9 Å². The van der Waals surface area contributed by atoms with E-state index in [1.54, 1.807) is 7.11 Å². The molecule has 0 aliphatic carbocycles. The fourth-order valence-corrected chi connectivity index (χ4v) is 3.83. The zero-order valence-electron chi connectivity index (χ0n) is 18.0. The Hall–Kier alpha value is -2.09. The molecule has 0 unspecified atom stereocenters. The van der Waals surface area contributed by atoms with E-state index >= 15 is 0 Å². The fraction of sp³-hybridized carbons (Fsp3) is 0.545. The summed E-state index contributed by atoms with van der Waals surface area (Å²) in [6.45, 7) is 9.98. The quantitative estimate of drug-likeness (QED) is 0.692. The van der Waals surface area contributed by atoms with Gasteiger partial charge in [-0.05, 0) is 31.5 Å². The van der Waals surface area contributed by atoms with Crippen LogP contribution in [0.25, 0.3) is 0 Å². The molecule has 1 aromatic carbocycles. The standard InChI is InChI=1S/C22H30N4O3.ClH/c1-16(2)29-20-5-4-17(12-21(20)27-3)14-25-7-6-19-18(15-25)13-23-22(24-19)26-8-10-28-11-9-26;/h4-5,12-13,16H,6-11,14-15H2,1-3H3;1H. The summed E-state index contributed by atoms with van der Waals surface area (Å²) in [5.74, 6) is 2.41. The first-order valence-electron chi connectivity index (χ1n) is 10.4. The normalized spacial score (nSPS) is 16.7.